The van der Waals surface area contributed by atoms with Crippen LogP contribution in [0.1, 0.15) is 64.7 Å². The number of esters is 1. The molecule has 0 aromatic carbocycles. The van der Waals surface area contributed by atoms with E-state index in [1.807, 2.05) is 0 Å². The SMILES string of the molecule is CCCCCCCCCOC(=O)C1CC1. The van der Waals surface area contributed by atoms with Crippen LogP contribution in [-0.4, -0.2) is 12.6 Å². The maximum Gasteiger partial charge on any atom is 0.308 e. The smallest absolute Gasteiger partial charge is 0.308 e. The third kappa shape index (κ3) is 6.53. The first-order chi connectivity index (χ1) is 7.34. The summed E-state index contributed by atoms with van der Waals surface area (Å²) in [6, 6.07) is 0. The van der Waals surface area contributed by atoms with Crippen molar-refractivity contribution in [3.05, 3.63) is 0 Å². The van der Waals surface area contributed by atoms with Crippen molar-refractivity contribution in [3.8, 4) is 0 Å². The summed E-state index contributed by atoms with van der Waals surface area (Å²) in [5.74, 6) is 0.301. The van der Waals surface area contributed by atoms with Gasteiger partial charge in [0.05, 0.1) is 12.5 Å². The highest BCUT2D eigenvalue weighted by molar-refractivity contribution is 5.74. The predicted octanol–water partition coefficient (Wildman–Crippen LogP) is 3.69. The monoisotopic (exact) mass is 212 g/mol. The molecule has 0 amide bonds. The fourth-order valence-corrected chi connectivity index (χ4v) is 1.67. The number of ether oxygens (including phenoxy) is 1. The summed E-state index contributed by atoms with van der Waals surface area (Å²) in [5, 5.41) is 0. The molecule has 1 rings (SSSR count). The van der Waals surface area contributed by atoms with Gasteiger partial charge in [-0.3, -0.25) is 4.79 Å². The molecule has 1 aliphatic rings. The van der Waals surface area contributed by atoms with Crippen molar-refractivity contribution in [1.82, 2.24) is 0 Å². The number of rotatable bonds is 9. The van der Waals surface area contributed by atoms with Gasteiger partial charge in [0.2, 0.25) is 0 Å². The van der Waals surface area contributed by atoms with E-state index in [0.29, 0.717) is 6.61 Å². The molecule has 1 saturated carbocycles. The summed E-state index contributed by atoms with van der Waals surface area (Å²) >= 11 is 0. The molecule has 0 aromatic rings. The average Bonchev–Trinajstić information content (AvgIpc) is 3.05. The van der Waals surface area contributed by atoms with Crippen LogP contribution in [-0.2, 0) is 9.53 Å². The number of carbonyl (C=O) groups is 1. The molecule has 0 radical (unpaired) electrons. The van der Waals surface area contributed by atoms with Crippen molar-refractivity contribution < 1.29 is 9.53 Å². The lowest BCUT2D eigenvalue weighted by Crippen LogP contribution is -2.07. The largest absolute Gasteiger partial charge is 0.465 e. The van der Waals surface area contributed by atoms with Gasteiger partial charge in [-0.15, -0.1) is 0 Å². The fraction of sp³-hybridized carbons (Fsp3) is 0.923. The van der Waals surface area contributed by atoms with Gasteiger partial charge in [0.25, 0.3) is 0 Å². The molecule has 0 unspecified atom stereocenters. The second-order valence-electron chi connectivity index (χ2n) is 4.56. The van der Waals surface area contributed by atoms with E-state index >= 15 is 0 Å². The van der Waals surface area contributed by atoms with Crippen LogP contribution in [0.2, 0.25) is 0 Å². The lowest BCUT2D eigenvalue weighted by Gasteiger charge is -2.03. The summed E-state index contributed by atoms with van der Waals surface area (Å²) in [7, 11) is 0. The van der Waals surface area contributed by atoms with Gasteiger partial charge >= 0.3 is 5.97 Å². The van der Waals surface area contributed by atoms with Gasteiger partial charge in [-0.2, -0.15) is 0 Å². The molecule has 1 aliphatic carbocycles. The molecular formula is C13H24O2. The van der Waals surface area contributed by atoms with E-state index in [1.54, 1.807) is 0 Å². The van der Waals surface area contributed by atoms with Crippen LogP contribution in [0.4, 0.5) is 0 Å². The van der Waals surface area contributed by atoms with Gasteiger partial charge in [-0.25, -0.2) is 0 Å². The Bertz CT molecular complexity index is 173. The molecule has 2 heteroatoms. The lowest BCUT2D eigenvalue weighted by atomic mass is 10.1. The normalized spacial score (nSPS) is 15.3. The first kappa shape index (κ1) is 12.5. The summed E-state index contributed by atoms with van der Waals surface area (Å²) in [6.45, 7) is 2.88. The second kappa shape index (κ2) is 7.72. The van der Waals surface area contributed by atoms with E-state index in [9.17, 15) is 4.79 Å². The van der Waals surface area contributed by atoms with Crippen molar-refractivity contribution in [2.24, 2.45) is 5.92 Å². The van der Waals surface area contributed by atoms with Gasteiger partial charge in [-0.1, -0.05) is 45.4 Å². The summed E-state index contributed by atoms with van der Waals surface area (Å²) < 4.78 is 5.15. The minimum atomic E-state index is 0.0426. The minimum absolute atomic E-state index is 0.0426. The van der Waals surface area contributed by atoms with Crippen molar-refractivity contribution in [2.75, 3.05) is 6.61 Å². The highest BCUT2D eigenvalue weighted by Gasteiger charge is 2.30. The highest BCUT2D eigenvalue weighted by Crippen LogP contribution is 2.30. The first-order valence-corrected chi connectivity index (χ1v) is 6.51. The van der Waals surface area contributed by atoms with Crippen LogP contribution >= 0.6 is 0 Å². The Morgan fingerprint density at radius 3 is 2.27 bits per heavy atom. The summed E-state index contributed by atoms with van der Waals surface area (Å²) in [5.41, 5.74) is 0. The predicted molar refractivity (Wildman–Crippen MR) is 61.7 cm³/mol. The zero-order valence-electron chi connectivity index (χ0n) is 9.96. The van der Waals surface area contributed by atoms with Gasteiger partial charge in [-0.05, 0) is 19.3 Å². The van der Waals surface area contributed by atoms with Crippen LogP contribution in [0.3, 0.4) is 0 Å². The Balaban J connectivity index is 1.74. The average molecular weight is 212 g/mol. The molecular weight excluding hydrogens is 188 g/mol. The Kier molecular flexibility index (Phi) is 6.45. The zero-order valence-corrected chi connectivity index (χ0v) is 9.96. The molecule has 1 fully saturated rings. The molecule has 0 heterocycles. The minimum Gasteiger partial charge on any atom is -0.465 e. The van der Waals surface area contributed by atoms with Gasteiger partial charge in [0, 0.05) is 0 Å². The van der Waals surface area contributed by atoms with Gasteiger partial charge < -0.3 is 4.74 Å². The van der Waals surface area contributed by atoms with Crippen LogP contribution in [0.5, 0.6) is 0 Å². The van der Waals surface area contributed by atoms with Crippen LogP contribution in [0, 0.1) is 5.92 Å². The molecule has 0 saturated heterocycles. The first-order valence-electron chi connectivity index (χ1n) is 6.51. The van der Waals surface area contributed by atoms with Gasteiger partial charge in [0.1, 0.15) is 0 Å². The molecule has 0 spiro atoms. The third-order valence-electron chi connectivity index (χ3n) is 2.90. The molecule has 2 nitrogen and oxygen atoms in total. The van der Waals surface area contributed by atoms with E-state index in [0.717, 1.165) is 19.3 Å². The van der Waals surface area contributed by atoms with Gasteiger partial charge in [0.15, 0.2) is 0 Å². The maximum atomic E-state index is 11.2. The van der Waals surface area contributed by atoms with Crippen LogP contribution < -0.4 is 0 Å². The lowest BCUT2D eigenvalue weighted by molar-refractivity contribution is -0.145. The Morgan fingerprint density at radius 1 is 1.07 bits per heavy atom. The summed E-state index contributed by atoms with van der Waals surface area (Å²) in [6.07, 6.45) is 11.0. The fourth-order valence-electron chi connectivity index (χ4n) is 1.67. The van der Waals surface area contributed by atoms with E-state index < -0.39 is 0 Å². The highest BCUT2D eigenvalue weighted by atomic mass is 16.5. The zero-order chi connectivity index (χ0) is 10.9. The number of unbranched alkanes of at least 4 members (excludes halogenated alkanes) is 6. The van der Waals surface area contributed by atoms with Crippen LogP contribution in [0.25, 0.3) is 0 Å². The molecule has 0 N–H and O–H groups in total. The molecule has 15 heavy (non-hydrogen) atoms. The quantitative estimate of drug-likeness (QED) is 0.430. The molecule has 0 atom stereocenters. The van der Waals surface area contributed by atoms with Crippen molar-refractivity contribution in [3.63, 3.8) is 0 Å². The maximum absolute atomic E-state index is 11.2. The standard InChI is InChI=1S/C13H24O2/c1-2-3-4-5-6-7-8-11-15-13(14)12-9-10-12/h12H,2-11H2,1H3. The second-order valence-corrected chi connectivity index (χ2v) is 4.56. The number of hydrogen-bond donors (Lipinski definition) is 0. The number of hydrogen-bond acceptors (Lipinski definition) is 2. The van der Waals surface area contributed by atoms with E-state index in [1.165, 1.54) is 38.5 Å². The summed E-state index contributed by atoms with van der Waals surface area (Å²) in [4.78, 5) is 11.2. The van der Waals surface area contributed by atoms with Crippen molar-refractivity contribution in [1.29, 1.82) is 0 Å². The van der Waals surface area contributed by atoms with E-state index in [4.69, 9.17) is 4.74 Å². The van der Waals surface area contributed by atoms with Crippen molar-refractivity contribution >= 4 is 5.97 Å². The molecule has 0 bridgehead atoms. The Morgan fingerprint density at radius 2 is 1.67 bits per heavy atom. The Labute approximate surface area is 93.4 Å². The topological polar surface area (TPSA) is 26.3 Å². The molecule has 0 aliphatic heterocycles. The molecule has 88 valence electrons. The third-order valence-corrected chi connectivity index (χ3v) is 2.90. The van der Waals surface area contributed by atoms with Crippen LogP contribution in [0.15, 0.2) is 0 Å². The van der Waals surface area contributed by atoms with E-state index in [-0.39, 0.29) is 11.9 Å². The Hall–Kier alpha value is -0.530. The van der Waals surface area contributed by atoms with E-state index in [2.05, 4.69) is 6.92 Å². The van der Waals surface area contributed by atoms with Crippen molar-refractivity contribution in [2.45, 2.75) is 64.7 Å². The number of carbonyl (C=O) groups excluding carboxylic acids is 1. The molecule has 0 aromatic heterocycles.